The van der Waals surface area contributed by atoms with Gasteiger partial charge in [0.2, 0.25) is 0 Å². The van der Waals surface area contributed by atoms with E-state index in [9.17, 15) is 0 Å². The molecular weight excluding hydrogens is 192 g/mol. The van der Waals surface area contributed by atoms with Gasteiger partial charge in [0.15, 0.2) is 0 Å². The topological polar surface area (TPSA) is 9.23 Å². The molecule has 0 fully saturated rings. The van der Waals surface area contributed by atoms with Crippen LogP contribution in [0.2, 0.25) is 0 Å². The molecule has 1 nitrogen and oxygen atoms in total. The Balaban J connectivity index is 2.73. The van der Waals surface area contributed by atoms with Crippen molar-refractivity contribution >= 4 is 11.3 Å². The highest BCUT2D eigenvalue weighted by Crippen LogP contribution is 2.36. The van der Waals surface area contributed by atoms with Crippen LogP contribution in [0.5, 0.6) is 0 Å². The summed E-state index contributed by atoms with van der Waals surface area (Å²) in [6.07, 6.45) is 0. The van der Waals surface area contributed by atoms with E-state index < -0.39 is 0 Å². The molecule has 0 aliphatic carbocycles. The molecule has 0 radical (unpaired) electrons. The van der Waals surface area contributed by atoms with Crippen molar-refractivity contribution in [2.75, 3.05) is 13.2 Å². The molecule has 1 atom stereocenters. The largest absolute Gasteiger partial charge is 0.381 e. The molecule has 1 aromatic rings. The predicted octanol–water partition coefficient (Wildman–Crippen LogP) is 3.91. The maximum Gasteiger partial charge on any atom is 0.0539 e. The summed E-state index contributed by atoms with van der Waals surface area (Å²) in [5.41, 5.74) is 1.69. The van der Waals surface area contributed by atoms with Gasteiger partial charge in [-0.2, -0.15) is 11.3 Å². The smallest absolute Gasteiger partial charge is 0.0539 e. The highest BCUT2D eigenvalue weighted by molar-refractivity contribution is 7.07. The first-order valence-electron chi connectivity index (χ1n) is 5.15. The third kappa shape index (κ3) is 3.10. The number of hydrogen-bond acceptors (Lipinski definition) is 2. The summed E-state index contributed by atoms with van der Waals surface area (Å²) in [7, 11) is 0. The first kappa shape index (κ1) is 11.7. The summed E-state index contributed by atoms with van der Waals surface area (Å²) < 4.78 is 5.55. The molecule has 0 aromatic carbocycles. The van der Waals surface area contributed by atoms with E-state index in [2.05, 4.69) is 37.6 Å². The summed E-state index contributed by atoms with van der Waals surface area (Å²) in [4.78, 5) is 0. The minimum Gasteiger partial charge on any atom is -0.381 e. The summed E-state index contributed by atoms with van der Waals surface area (Å²) in [5.74, 6) is 0.508. The second kappa shape index (κ2) is 4.94. The lowest BCUT2D eigenvalue weighted by Crippen LogP contribution is -2.22. The van der Waals surface area contributed by atoms with Gasteiger partial charge in [-0.15, -0.1) is 0 Å². The van der Waals surface area contributed by atoms with Crippen LogP contribution >= 0.6 is 11.3 Å². The monoisotopic (exact) mass is 212 g/mol. The summed E-state index contributed by atoms with van der Waals surface area (Å²) in [6.45, 7) is 10.5. The highest BCUT2D eigenvalue weighted by atomic mass is 32.1. The van der Waals surface area contributed by atoms with E-state index in [-0.39, 0.29) is 5.41 Å². The molecular formula is C12H20OS. The van der Waals surface area contributed by atoms with Crippen molar-refractivity contribution in [3.8, 4) is 0 Å². The predicted molar refractivity (Wildman–Crippen MR) is 63.0 cm³/mol. The molecule has 2 heteroatoms. The molecule has 0 amide bonds. The Morgan fingerprint density at radius 1 is 1.43 bits per heavy atom. The maximum absolute atomic E-state index is 5.55. The molecule has 14 heavy (non-hydrogen) atoms. The second-order valence-corrected chi connectivity index (χ2v) is 5.41. The normalized spacial score (nSPS) is 14.3. The molecule has 0 aliphatic rings. The number of rotatable bonds is 4. The summed E-state index contributed by atoms with van der Waals surface area (Å²) in [6, 6.07) is 2.21. The van der Waals surface area contributed by atoms with Gasteiger partial charge in [-0.05, 0) is 34.7 Å². The van der Waals surface area contributed by atoms with E-state index in [1.54, 1.807) is 11.3 Å². The molecule has 1 aromatic heterocycles. The molecule has 1 heterocycles. The van der Waals surface area contributed by atoms with Crippen LogP contribution in [0, 0.1) is 5.41 Å². The lowest BCUT2D eigenvalue weighted by molar-refractivity contribution is 0.0977. The van der Waals surface area contributed by atoms with E-state index in [1.165, 1.54) is 5.56 Å². The first-order chi connectivity index (χ1) is 6.55. The number of ether oxygens (including phenoxy) is 1. The molecule has 0 spiro atoms. The molecule has 1 unspecified atom stereocenters. The van der Waals surface area contributed by atoms with Crippen molar-refractivity contribution in [2.45, 2.75) is 33.6 Å². The zero-order valence-corrected chi connectivity index (χ0v) is 10.4. The van der Waals surface area contributed by atoms with Gasteiger partial charge in [-0.1, -0.05) is 20.8 Å². The third-order valence-corrected chi connectivity index (χ3v) is 3.18. The molecule has 0 N–H and O–H groups in total. The Bertz CT molecular complexity index is 246. The fourth-order valence-corrected chi connectivity index (χ4v) is 2.27. The van der Waals surface area contributed by atoms with Gasteiger partial charge in [0.25, 0.3) is 0 Å². The second-order valence-electron chi connectivity index (χ2n) is 4.63. The van der Waals surface area contributed by atoms with Crippen LogP contribution in [-0.2, 0) is 4.74 Å². The lowest BCUT2D eigenvalue weighted by Gasteiger charge is -2.30. The summed E-state index contributed by atoms with van der Waals surface area (Å²) >= 11 is 1.76. The van der Waals surface area contributed by atoms with Gasteiger partial charge >= 0.3 is 0 Å². The Kier molecular flexibility index (Phi) is 4.14. The molecule has 0 saturated carbocycles. The number of hydrogen-bond donors (Lipinski definition) is 0. The maximum atomic E-state index is 5.55. The fourth-order valence-electron chi connectivity index (χ4n) is 1.56. The highest BCUT2D eigenvalue weighted by Gasteiger charge is 2.26. The SMILES string of the molecule is CCOCC(c1ccsc1)C(C)(C)C. The Labute approximate surface area is 91.1 Å². The minimum absolute atomic E-state index is 0.274. The van der Waals surface area contributed by atoms with Crippen LogP contribution in [0.3, 0.4) is 0 Å². The van der Waals surface area contributed by atoms with Gasteiger partial charge in [-0.25, -0.2) is 0 Å². The number of thiophene rings is 1. The molecule has 1 rings (SSSR count). The molecule has 80 valence electrons. The molecule has 0 bridgehead atoms. The van der Waals surface area contributed by atoms with Crippen molar-refractivity contribution in [1.82, 2.24) is 0 Å². The standard InChI is InChI=1S/C12H20OS/c1-5-13-8-11(12(2,3)4)10-6-7-14-9-10/h6-7,9,11H,5,8H2,1-4H3. The molecule has 0 aliphatic heterocycles. The van der Waals surface area contributed by atoms with Crippen LogP contribution in [0.15, 0.2) is 16.8 Å². The van der Waals surface area contributed by atoms with E-state index in [0.717, 1.165) is 13.2 Å². The Hall–Kier alpha value is -0.340. The van der Waals surface area contributed by atoms with E-state index in [1.807, 2.05) is 6.92 Å². The van der Waals surface area contributed by atoms with Gasteiger partial charge in [0.05, 0.1) is 6.61 Å². The zero-order chi connectivity index (χ0) is 10.6. The van der Waals surface area contributed by atoms with Gasteiger partial charge in [0, 0.05) is 12.5 Å². The first-order valence-corrected chi connectivity index (χ1v) is 6.09. The van der Waals surface area contributed by atoms with Gasteiger partial charge in [0.1, 0.15) is 0 Å². The van der Waals surface area contributed by atoms with E-state index >= 15 is 0 Å². The van der Waals surface area contributed by atoms with Crippen molar-refractivity contribution < 1.29 is 4.74 Å². The van der Waals surface area contributed by atoms with Gasteiger partial charge in [-0.3, -0.25) is 0 Å². The van der Waals surface area contributed by atoms with E-state index in [4.69, 9.17) is 4.74 Å². The average molecular weight is 212 g/mol. The van der Waals surface area contributed by atoms with Crippen LogP contribution in [0.4, 0.5) is 0 Å². The fraction of sp³-hybridized carbons (Fsp3) is 0.667. The Morgan fingerprint density at radius 3 is 2.57 bits per heavy atom. The van der Waals surface area contributed by atoms with Crippen LogP contribution in [0.1, 0.15) is 39.2 Å². The van der Waals surface area contributed by atoms with Crippen molar-refractivity contribution in [1.29, 1.82) is 0 Å². The Morgan fingerprint density at radius 2 is 2.14 bits per heavy atom. The third-order valence-electron chi connectivity index (χ3n) is 2.48. The minimum atomic E-state index is 0.274. The van der Waals surface area contributed by atoms with Crippen LogP contribution in [0.25, 0.3) is 0 Å². The quantitative estimate of drug-likeness (QED) is 0.735. The van der Waals surface area contributed by atoms with Gasteiger partial charge < -0.3 is 4.74 Å². The lowest BCUT2D eigenvalue weighted by atomic mass is 9.78. The van der Waals surface area contributed by atoms with Crippen molar-refractivity contribution in [2.24, 2.45) is 5.41 Å². The molecule has 0 saturated heterocycles. The van der Waals surface area contributed by atoms with Crippen molar-refractivity contribution in [3.63, 3.8) is 0 Å². The van der Waals surface area contributed by atoms with Crippen LogP contribution in [-0.4, -0.2) is 13.2 Å². The van der Waals surface area contributed by atoms with Crippen molar-refractivity contribution in [3.05, 3.63) is 22.4 Å². The summed E-state index contributed by atoms with van der Waals surface area (Å²) in [5, 5.41) is 4.37. The van der Waals surface area contributed by atoms with Crippen LogP contribution < -0.4 is 0 Å². The average Bonchev–Trinajstić information content (AvgIpc) is 2.55. The van der Waals surface area contributed by atoms with E-state index in [0.29, 0.717) is 5.92 Å². The zero-order valence-electron chi connectivity index (χ0n) is 9.54.